The number of hydrogen-bond donors (Lipinski definition) is 0. The quantitative estimate of drug-likeness (QED) is 0.506. The molecule has 0 saturated heterocycles. The number of benzene rings is 2. The Labute approximate surface area is 144 Å². The summed E-state index contributed by atoms with van der Waals surface area (Å²) in [5, 5.41) is 5.11. The van der Waals surface area contributed by atoms with Crippen LogP contribution in [0.4, 0.5) is 5.69 Å². The van der Waals surface area contributed by atoms with Gasteiger partial charge in [-0.05, 0) is 29.8 Å². The smallest absolute Gasteiger partial charge is 0.182 e. The summed E-state index contributed by atoms with van der Waals surface area (Å²) in [5.74, 6) is 0.704. The second-order valence-corrected chi connectivity index (χ2v) is 5.68. The normalized spacial score (nSPS) is 11.4. The number of aliphatic imine (C=N–C) groups is 1. The molecule has 0 aliphatic carbocycles. The molecule has 0 aliphatic rings. The monoisotopic (exact) mass is 332 g/mol. The molecule has 24 heavy (non-hydrogen) atoms. The van der Waals surface area contributed by atoms with Gasteiger partial charge in [-0.25, -0.2) is 9.50 Å². The van der Waals surface area contributed by atoms with Crippen LogP contribution in [0.2, 0.25) is 5.02 Å². The summed E-state index contributed by atoms with van der Waals surface area (Å²) >= 11 is 6.10. The van der Waals surface area contributed by atoms with E-state index in [-0.39, 0.29) is 0 Å². The van der Waals surface area contributed by atoms with Gasteiger partial charge in [0, 0.05) is 18.0 Å². The van der Waals surface area contributed by atoms with Crippen molar-refractivity contribution < 1.29 is 0 Å². The van der Waals surface area contributed by atoms with Crippen LogP contribution >= 0.6 is 11.6 Å². The topological polar surface area (TPSA) is 42.5 Å². The van der Waals surface area contributed by atoms with Crippen molar-refractivity contribution in [3.8, 4) is 11.4 Å². The number of nitrogens with zero attached hydrogens (tertiary/aromatic N) is 4. The van der Waals surface area contributed by atoms with E-state index in [1.165, 1.54) is 0 Å². The molecule has 4 nitrogen and oxygen atoms in total. The third-order valence-electron chi connectivity index (χ3n) is 3.62. The minimum Gasteiger partial charge on any atom is -0.255 e. The van der Waals surface area contributed by atoms with Gasteiger partial charge in [0.25, 0.3) is 0 Å². The van der Waals surface area contributed by atoms with E-state index in [0.717, 1.165) is 22.5 Å². The summed E-state index contributed by atoms with van der Waals surface area (Å²) in [6.07, 6.45) is 3.68. The highest BCUT2D eigenvalue weighted by Crippen LogP contribution is 2.23. The van der Waals surface area contributed by atoms with E-state index in [4.69, 9.17) is 11.6 Å². The Morgan fingerprint density at radius 2 is 1.71 bits per heavy atom. The first kappa shape index (κ1) is 14.6. The van der Waals surface area contributed by atoms with Crippen molar-refractivity contribution in [2.45, 2.75) is 0 Å². The van der Waals surface area contributed by atoms with E-state index in [9.17, 15) is 0 Å². The fourth-order valence-electron chi connectivity index (χ4n) is 2.37. The maximum Gasteiger partial charge on any atom is 0.182 e. The maximum atomic E-state index is 6.10. The lowest BCUT2D eigenvalue weighted by Gasteiger charge is -1.98. The molecule has 0 fully saturated rings. The Morgan fingerprint density at radius 1 is 0.917 bits per heavy atom. The first-order valence-electron chi connectivity index (χ1n) is 7.50. The molecule has 0 amide bonds. The van der Waals surface area contributed by atoms with E-state index in [1.54, 1.807) is 10.7 Å². The first-order valence-corrected chi connectivity index (χ1v) is 7.88. The molecule has 2 aromatic heterocycles. The fraction of sp³-hybridized carbons (Fsp3) is 0. The molecule has 0 saturated carbocycles. The predicted octanol–water partition coefficient (Wildman–Crippen LogP) is 4.80. The molecule has 2 aromatic carbocycles. The van der Waals surface area contributed by atoms with Crippen molar-refractivity contribution in [3.05, 3.63) is 83.5 Å². The maximum absolute atomic E-state index is 6.10. The van der Waals surface area contributed by atoms with Crippen LogP contribution in [0.15, 0.2) is 77.9 Å². The molecular weight excluding hydrogens is 320 g/mol. The number of pyridine rings is 1. The van der Waals surface area contributed by atoms with Crippen molar-refractivity contribution in [1.82, 2.24) is 14.6 Å². The molecule has 4 rings (SSSR count). The third-order valence-corrected chi connectivity index (χ3v) is 3.93. The van der Waals surface area contributed by atoms with Crippen LogP contribution in [0.5, 0.6) is 0 Å². The lowest BCUT2D eigenvalue weighted by atomic mass is 10.1. The molecule has 0 atom stereocenters. The van der Waals surface area contributed by atoms with Crippen LogP contribution in [-0.4, -0.2) is 20.8 Å². The molecule has 0 spiro atoms. The van der Waals surface area contributed by atoms with Gasteiger partial charge in [0.2, 0.25) is 0 Å². The van der Waals surface area contributed by atoms with E-state index in [2.05, 4.69) is 15.1 Å². The largest absolute Gasteiger partial charge is 0.255 e. The van der Waals surface area contributed by atoms with Crippen molar-refractivity contribution in [2.75, 3.05) is 0 Å². The third kappa shape index (κ3) is 2.92. The van der Waals surface area contributed by atoms with Gasteiger partial charge < -0.3 is 0 Å². The van der Waals surface area contributed by atoms with Crippen LogP contribution in [-0.2, 0) is 0 Å². The van der Waals surface area contributed by atoms with Crippen molar-refractivity contribution in [3.63, 3.8) is 0 Å². The van der Waals surface area contributed by atoms with E-state index in [0.29, 0.717) is 10.8 Å². The Hall–Kier alpha value is -2.98. The molecule has 2 heterocycles. The van der Waals surface area contributed by atoms with Crippen LogP contribution < -0.4 is 0 Å². The second-order valence-electron chi connectivity index (χ2n) is 5.27. The Morgan fingerprint density at radius 3 is 2.50 bits per heavy atom. The molecule has 0 N–H and O–H groups in total. The van der Waals surface area contributed by atoms with E-state index >= 15 is 0 Å². The molecule has 116 valence electrons. The van der Waals surface area contributed by atoms with E-state index in [1.807, 2.05) is 72.9 Å². The van der Waals surface area contributed by atoms with Gasteiger partial charge in [-0.1, -0.05) is 54.1 Å². The summed E-state index contributed by atoms with van der Waals surface area (Å²) in [6, 6.07) is 21.3. The van der Waals surface area contributed by atoms with Gasteiger partial charge in [0.05, 0.1) is 10.7 Å². The van der Waals surface area contributed by atoms with Crippen molar-refractivity contribution in [2.24, 2.45) is 4.99 Å². The van der Waals surface area contributed by atoms with Crippen LogP contribution in [0.3, 0.4) is 0 Å². The summed E-state index contributed by atoms with van der Waals surface area (Å²) in [7, 11) is 0. The Bertz CT molecular complexity index is 986. The van der Waals surface area contributed by atoms with Gasteiger partial charge in [0.1, 0.15) is 0 Å². The highest BCUT2D eigenvalue weighted by molar-refractivity contribution is 6.33. The number of halogens is 1. The fourth-order valence-corrected chi connectivity index (χ4v) is 2.56. The first-order chi connectivity index (χ1) is 11.8. The molecule has 0 radical (unpaired) electrons. The molecule has 5 heteroatoms. The van der Waals surface area contributed by atoms with Crippen molar-refractivity contribution in [1.29, 1.82) is 0 Å². The summed E-state index contributed by atoms with van der Waals surface area (Å²) in [6.45, 7) is 0. The lowest BCUT2D eigenvalue weighted by Crippen LogP contribution is -1.86. The number of aromatic nitrogens is 3. The average Bonchev–Trinajstić information content (AvgIpc) is 3.06. The lowest BCUT2D eigenvalue weighted by molar-refractivity contribution is 0.966. The van der Waals surface area contributed by atoms with Crippen molar-refractivity contribution >= 4 is 29.2 Å². The zero-order valence-corrected chi connectivity index (χ0v) is 13.4. The number of rotatable bonds is 3. The predicted molar refractivity (Wildman–Crippen MR) is 97.1 cm³/mol. The van der Waals surface area contributed by atoms with Crippen LogP contribution in [0.25, 0.3) is 17.0 Å². The van der Waals surface area contributed by atoms with E-state index < -0.39 is 0 Å². The standard InChI is InChI=1S/C19H13ClN4/c20-16-5-1-2-6-17(16)21-13-14-8-10-15(11-9-14)19-22-18-7-3-4-12-24(18)23-19/h1-13H. The Balaban J connectivity index is 1.59. The molecule has 0 bridgehead atoms. The summed E-state index contributed by atoms with van der Waals surface area (Å²) < 4.78 is 1.77. The second kappa shape index (κ2) is 6.26. The van der Waals surface area contributed by atoms with Crippen LogP contribution in [0.1, 0.15) is 5.56 Å². The molecular formula is C19H13ClN4. The molecule has 4 aromatic rings. The SMILES string of the molecule is Clc1ccccc1N=Cc1ccc(-c2nc3ccccn3n2)cc1. The number of para-hydroxylation sites is 1. The zero-order chi connectivity index (χ0) is 16.4. The van der Waals surface area contributed by atoms with Gasteiger partial charge >= 0.3 is 0 Å². The summed E-state index contributed by atoms with van der Waals surface area (Å²) in [4.78, 5) is 8.94. The highest BCUT2D eigenvalue weighted by Gasteiger charge is 2.05. The van der Waals surface area contributed by atoms with Gasteiger partial charge in [0.15, 0.2) is 11.5 Å². The zero-order valence-electron chi connectivity index (χ0n) is 12.7. The Kier molecular flexibility index (Phi) is 3.81. The van der Waals surface area contributed by atoms with Gasteiger partial charge in [-0.2, -0.15) is 0 Å². The average molecular weight is 333 g/mol. The van der Waals surface area contributed by atoms with Crippen LogP contribution in [0, 0.1) is 0 Å². The van der Waals surface area contributed by atoms with Gasteiger partial charge in [-0.3, -0.25) is 4.99 Å². The minimum absolute atomic E-state index is 0.638. The number of fused-ring (bicyclic) bond motifs is 1. The highest BCUT2D eigenvalue weighted by atomic mass is 35.5. The molecule has 0 unspecified atom stereocenters. The summed E-state index contributed by atoms with van der Waals surface area (Å²) in [5.41, 5.74) is 3.54. The number of hydrogen-bond acceptors (Lipinski definition) is 3. The molecule has 0 aliphatic heterocycles. The minimum atomic E-state index is 0.638. The van der Waals surface area contributed by atoms with Gasteiger partial charge in [-0.15, -0.1) is 5.10 Å².